The Hall–Kier alpha value is 1.98. The van der Waals surface area contributed by atoms with E-state index in [2.05, 4.69) is 0 Å². The first-order valence-corrected chi connectivity index (χ1v) is 0. The molecule has 0 aromatic rings. The van der Waals surface area contributed by atoms with Crippen molar-refractivity contribution in [3.63, 3.8) is 0 Å². The zero-order valence-electron chi connectivity index (χ0n) is 2.08. The van der Waals surface area contributed by atoms with E-state index >= 15 is 0 Å². The molecule has 0 aliphatic heterocycles. The van der Waals surface area contributed by atoms with Crippen molar-refractivity contribution >= 4 is 74.1 Å². The predicted octanol–water partition coefficient (Wildman–Crippen LogP) is 1.31. The van der Waals surface area contributed by atoms with E-state index in [4.69, 9.17) is 0 Å². The number of halogens is 4. The van der Waals surface area contributed by atoms with E-state index < -0.39 is 0 Å². The summed E-state index contributed by atoms with van der Waals surface area (Å²) in [5.41, 5.74) is 0. The van der Waals surface area contributed by atoms with Gasteiger partial charge >= 0.3 is 0 Å². The second-order valence-electron chi connectivity index (χ2n) is 0. The maximum Gasteiger partial charge on any atom is 0 e. The van der Waals surface area contributed by atoms with Crippen LogP contribution in [0.15, 0.2) is 0 Å². The van der Waals surface area contributed by atoms with Gasteiger partial charge < -0.3 is 0 Å². The monoisotopic (exact) mass is 265 g/mol. The SMILES string of the molecule is Cl.Cl.Cl.Cl.[Sb]. The van der Waals surface area contributed by atoms with Gasteiger partial charge in [-0.05, 0) is 0 Å². The predicted molar refractivity (Wildman–Crippen MR) is 34.7 cm³/mol. The Labute approximate surface area is 73.6 Å². The van der Waals surface area contributed by atoms with Crippen molar-refractivity contribution in [2.75, 3.05) is 0 Å². The average Bonchev–Trinajstić information content (AvgIpc) is 0. The van der Waals surface area contributed by atoms with Crippen molar-refractivity contribution in [2.45, 2.75) is 0 Å². The van der Waals surface area contributed by atoms with Crippen LogP contribution in [-0.4, -0.2) is 24.4 Å². The first-order valence-electron chi connectivity index (χ1n) is 0. The molecule has 0 saturated heterocycles. The molecule has 0 amide bonds. The van der Waals surface area contributed by atoms with Crippen LogP contribution in [0, 0.1) is 0 Å². The number of rotatable bonds is 0. The molecule has 5 heteroatoms. The van der Waals surface area contributed by atoms with Crippen molar-refractivity contribution < 1.29 is 0 Å². The zero-order chi connectivity index (χ0) is 0. The van der Waals surface area contributed by atoms with E-state index in [1.807, 2.05) is 0 Å². The molecule has 0 fully saturated rings. The van der Waals surface area contributed by atoms with Crippen molar-refractivity contribution in [1.29, 1.82) is 0 Å². The van der Waals surface area contributed by atoms with Crippen molar-refractivity contribution in [1.82, 2.24) is 0 Å². The van der Waals surface area contributed by atoms with Gasteiger partial charge in [-0.3, -0.25) is 0 Å². The third-order valence-electron chi connectivity index (χ3n) is 0. The summed E-state index contributed by atoms with van der Waals surface area (Å²) in [6, 6.07) is 0. The summed E-state index contributed by atoms with van der Waals surface area (Å²) >= 11 is 0. The summed E-state index contributed by atoms with van der Waals surface area (Å²) in [5.74, 6) is 0. The van der Waals surface area contributed by atoms with Gasteiger partial charge in [0.1, 0.15) is 0 Å². The van der Waals surface area contributed by atoms with Gasteiger partial charge in [-0.2, -0.15) is 0 Å². The molecule has 0 aromatic heterocycles. The minimum atomic E-state index is 0. The van der Waals surface area contributed by atoms with Crippen LogP contribution < -0.4 is 0 Å². The van der Waals surface area contributed by atoms with Gasteiger partial charge in [0.2, 0.25) is 0 Å². The van der Waals surface area contributed by atoms with Gasteiger partial charge in [-0.1, -0.05) is 0 Å². The Balaban J connectivity index is 0. The standard InChI is InChI=1S/4ClH.Sb/h4*1H;. The van der Waals surface area contributed by atoms with Crippen LogP contribution in [-0.2, 0) is 0 Å². The molecule has 0 nitrogen and oxygen atoms in total. The molecule has 37 valence electrons. The van der Waals surface area contributed by atoms with E-state index in [0.29, 0.717) is 0 Å². The fourth-order valence-corrected chi connectivity index (χ4v) is 0. The van der Waals surface area contributed by atoms with Gasteiger partial charge in [-0.25, -0.2) is 0 Å². The Bertz CT molecular complexity index is 3.61. The van der Waals surface area contributed by atoms with Gasteiger partial charge in [0.05, 0.1) is 0 Å². The average molecular weight is 268 g/mol. The quantitative estimate of drug-likeness (QED) is 0.581. The number of hydrogen-bond donors (Lipinski definition) is 0. The molecule has 0 aromatic carbocycles. The molecule has 3 radical (unpaired) electrons. The molecule has 0 heterocycles. The smallest absolute Gasteiger partial charge is 0 e. The van der Waals surface area contributed by atoms with E-state index in [1.54, 1.807) is 0 Å². The Morgan fingerprint density at radius 2 is 0.400 bits per heavy atom. The van der Waals surface area contributed by atoms with Gasteiger partial charge in [0, 0.05) is 24.4 Å². The van der Waals surface area contributed by atoms with E-state index in [1.165, 1.54) is 0 Å². The van der Waals surface area contributed by atoms with Crippen LogP contribution in [0.25, 0.3) is 0 Å². The molecule has 5 heavy (non-hydrogen) atoms. The summed E-state index contributed by atoms with van der Waals surface area (Å²) in [4.78, 5) is 0. The van der Waals surface area contributed by atoms with Gasteiger partial charge in [0.15, 0.2) is 0 Å². The molecule has 0 bridgehead atoms. The van der Waals surface area contributed by atoms with Crippen molar-refractivity contribution in [3.8, 4) is 0 Å². The first-order chi connectivity index (χ1) is 0. The van der Waals surface area contributed by atoms with Crippen LogP contribution in [0.2, 0.25) is 0 Å². The van der Waals surface area contributed by atoms with Crippen LogP contribution >= 0.6 is 49.6 Å². The van der Waals surface area contributed by atoms with Crippen LogP contribution in [0.4, 0.5) is 0 Å². The number of hydrogen-bond acceptors (Lipinski definition) is 0. The topological polar surface area (TPSA) is 0 Å². The fraction of sp³-hybridized carbons (Fsp3) is 0. The molecular formula is H4Cl4Sb. The summed E-state index contributed by atoms with van der Waals surface area (Å²) in [7, 11) is 0. The van der Waals surface area contributed by atoms with Crippen molar-refractivity contribution in [3.05, 3.63) is 0 Å². The minimum Gasteiger partial charge on any atom is -0.147 e. The second kappa shape index (κ2) is 37.9. The molecule has 0 atom stereocenters. The normalized spacial score (nSPS) is 0. The molecular weight excluding hydrogens is 264 g/mol. The molecule has 0 spiro atoms. The third-order valence-corrected chi connectivity index (χ3v) is 0. The van der Waals surface area contributed by atoms with Crippen LogP contribution in [0.1, 0.15) is 0 Å². The van der Waals surface area contributed by atoms with E-state index in [-0.39, 0.29) is 74.1 Å². The third kappa shape index (κ3) is 24.2. The summed E-state index contributed by atoms with van der Waals surface area (Å²) in [6.07, 6.45) is 0. The van der Waals surface area contributed by atoms with Crippen LogP contribution in [0.5, 0.6) is 0 Å². The van der Waals surface area contributed by atoms with E-state index in [0.717, 1.165) is 0 Å². The van der Waals surface area contributed by atoms with E-state index in [9.17, 15) is 0 Å². The molecule has 0 rings (SSSR count). The Morgan fingerprint density at radius 3 is 0.400 bits per heavy atom. The molecule has 0 aliphatic rings. The Morgan fingerprint density at radius 1 is 0.400 bits per heavy atom. The molecule has 0 N–H and O–H groups in total. The summed E-state index contributed by atoms with van der Waals surface area (Å²) < 4.78 is 0. The zero-order valence-corrected chi connectivity index (χ0v) is 7.90. The van der Waals surface area contributed by atoms with Crippen molar-refractivity contribution in [2.24, 2.45) is 0 Å². The maximum absolute atomic E-state index is 0. The van der Waals surface area contributed by atoms with Gasteiger partial charge in [-0.15, -0.1) is 49.6 Å². The molecule has 0 unspecified atom stereocenters. The largest absolute Gasteiger partial charge is 0.147 e. The first kappa shape index (κ1) is 63.7. The molecule has 0 saturated carbocycles. The minimum absolute atomic E-state index is 0. The maximum atomic E-state index is 0. The van der Waals surface area contributed by atoms with Gasteiger partial charge in [0.25, 0.3) is 0 Å². The Kier molecular flexibility index (Phi) is 483. The second-order valence-corrected chi connectivity index (χ2v) is 0. The molecule has 0 aliphatic carbocycles. The summed E-state index contributed by atoms with van der Waals surface area (Å²) in [5, 5.41) is 0. The fourth-order valence-electron chi connectivity index (χ4n) is 0. The van der Waals surface area contributed by atoms with Crippen LogP contribution in [0.3, 0.4) is 0 Å². The summed E-state index contributed by atoms with van der Waals surface area (Å²) in [6.45, 7) is 0.